The molecule has 17 heavy (non-hydrogen) atoms. The number of aliphatic hydroxyl groups excluding tert-OH is 1. The third-order valence-electron chi connectivity index (χ3n) is 2.45. The number of carbonyl (C=O) groups is 1. The van der Waals surface area contributed by atoms with Crippen molar-refractivity contribution in [2.75, 3.05) is 13.2 Å². The maximum atomic E-state index is 11.9. The van der Waals surface area contributed by atoms with Gasteiger partial charge in [-0.1, -0.05) is 0 Å². The fourth-order valence-corrected chi connectivity index (χ4v) is 1.54. The van der Waals surface area contributed by atoms with Crippen LogP contribution in [0.15, 0.2) is 12.1 Å². The number of aliphatic hydroxyl groups is 1. The first kappa shape index (κ1) is 11.5. The highest BCUT2D eigenvalue weighted by molar-refractivity contribution is 5.91. The normalized spacial score (nSPS) is 19.1. The summed E-state index contributed by atoms with van der Waals surface area (Å²) in [5.74, 6) is -0.408. The number of aryl methyl sites for hydroxylation is 1. The van der Waals surface area contributed by atoms with Crippen molar-refractivity contribution >= 4 is 5.91 Å². The standard InChI is InChI=1S/C11H11N3O3/c1-7-8(4-12)2-3-10(13-7)11(16)14-5-9(15)6-17-14/h2-3,9,15H,5-6H2,1H3/t9-/m1/s1. The summed E-state index contributed by atoms with van der Waals surface area (Å²) < 4.78 is 0. The minimum atomic E-state index is -0.654. The van der Waals surface area contributed by atoms with Crippen molar-refractivity contribution in [2.45, 2.75) is 13.0 Å². The molecule has 1 aromatic heterocycles. The number of pyridine rings is 1. The van der Waals surface area contributed by atoms with Crippen LogP contribution in [0.2, 0.25) is 0 Å². The molecule has 6 heteroatoms. The van der Waals surface area contributed by atoms with E-state index in [9.17, 15) is 9.90 Å². The van der Waals surface area contributed by atoms with Gasteiger partial charge in [0.1, 0.15) is 24.5 Å². The third-order valence-corrected chi connectivity index (χ3v) is 2.45. The first-order valence-electron chi connectivity index (χ1n) is 5.12. The van der Waals surface area contributed by atoms with Crippen LogP contribution in [0.4, 0.5) is 0 Å². The number of carbonyl (C=O) groups excluding carboxylic acids is 1. The van der Waals surface area contributed by atoms with Gasteiger partial charge in [-0.05, 0) is 19.1 Å². The van der Waals surface area contributed by atoms with Gasteiger partial charge >= 0.3 is 0 Å². The van der Waals surface area contributed by atoms with Gasteiger partial charge in [0.2, 0.25) is 0 Å². The Morgan fingerprint density at radius 1 is 1.71 bits per heavy atom. The van der Waals surface area contributed by atoms with E-state index >= 15 is 0 Å². The molecular formula is C11H11N3O3. The van der Waals surface area contributed by atoms with Gasteiger partial charge in [-0.25, -0.2) is 10.0 Å². The van der Waals surface area contributed by atoms with Gasteiger partial charge in [-0.2, -0.15) is 5.26 Å². The number of rotatable bonds is 1. The molecule has 1 aromatic rings. The van der Waals surface area contributed by atoms with Gasteiger partial charge in [0, 0.05) is 0 Å². The molecule has 2 rings (SSSR count). The lowest BCUT2D eigenvalue weighted by molar-refractivity contribution is -0.0783. The lowest BCUT2D eigenvalue weighted by atomic mass is 10.2. The summed E-state index contributed by atoms with van der Waals surface area (Å²) in [6.45, 7) is 1.91. The fourth-order valence-electron chi connectivity index (χ4n) is 1.54. The number of nitriles is 1. The molecule has 6 nitrogen and oxygen atoms in total. The summed E-state index contributed by atoms with van der Waals surface area (Å²) >= 11 is 0. The van der Waals surface area contributed by atoms with Gasteiger partial charge < -0.3 is 5.11 Å². The molecule has 0 aliphatic carbocycles. The number of hydrogen-bond donors (Lipinski definition) is 1. The molecule has 1 atom stereocenters. The Morgan fingerprint density at radius 2 is 2.47 bits per heavy atom. The van der Waals surface area contributed by atoms with E-state index in [1.165, 1.54) is 6.07 Å². The van der Waals surface area contributed by atoms with Crippen molar-refractivity contribution < 1.29 is 14.7 Å². The third kappa shape index (κ3) is 2.25. The molecule has 2 heterocycles. The topological polar surface area (TPSA) is 86.5 Å². The second kappa shape index (κ2) is 4.49. The van der Waals surface area contributed by atoms with Crippen molar-refractivity contribution in [2.24, 2.45) is 0 Å². The highest BCUT2D eigenvalue weighted by atomic mass is 16.7. The lowest BCUT2D eigenvalue weighted by Crippen LogP contribution is -2.29. The summed E-state index contributed by atoms with van der Waals surface area (Å²) in [6, 6.07) is 5.00. The maximum absolute atomic E-state index is 11.9. The average Bonchev–Trinajstić information content (AvgIpc) is 2.75. The van der Waals surface area contributed by atoms with E-state index in [0.29, 0.717) is 11.3 Å². The van der Waals surface area contributed by atoms with Crippen LogP contribution in [-0.4, -0.2) is 40.3 Å². The van der Waals surface area contributed by atoms with Gasteiger partial charge in [-0.15, -0.1) is 0 Å². The van der Waals surface area contributed by atoms with E-state index in [2.05, 4.69) is 4.98 Å². The summed E-state index contributed by atoms with van der Waals surface area (Å²) in [6.07, 6.45) is -0.654. The SMILES string of the molecule is Cc1nc(C(=O)N2C[C@@H](O)CO2)ccc1C#N. The van der Waals surface area contributed by atoms with Crippen LogP contribution in [0.5, 0.6) is 0 Å². The molecule has 1 saturated heterocycles. The average molecular weight is 233 g/mol. The van der Waals surface area contributed by atoms with Crippen molar-refractivity contribution in [1.82, 2.24) is 10.0 Å². The zero-order valence-corrected chi connectivity index (χ0v) is 9.25. The predicted octanol–water partition coefficient (Wildman–Crippen LogP) is 0.01000. The summed E-state index contributed by atoms with van der Waals surface area (Å²) in [5.41, 5.74) is 1.14. The fraction of sp³-hybridized carbons (Fsp3) is 0.364. The second-order valence-corrected chi connectivity index (χ2v) is 3.76. The highest BCUT2D eigenvalue weighted by Gasteiger charge is 2.27. The number of aromatic nitrogens is 1. The second-order valence-electron chi connectivity index (χ2n) is 3.76. The summed E-state index contributed by atoms with van der Waals surface area (Å²) in [5, 5.41) is 19.1. The van der Waals surface area contributed by atoms with Crippen LogP contribution >= 0.6 is 0 Å². The van der Waals surface area contributed by atoms with Gasteiger partial charge in [-0.3, -0.25) is 9.63 Å². The minimum absolute atomic E-state index is 0.112. The summed E-state index contributed by atoms with van der Waals surface area (Å²) in [7, 11) is 0. The van der Waals surface area contributed by atoms with Gasteiger partial charge in [0.25, 0.3) is 5.91 Å². The van der Waals surface area contributed by atoms with Crippen LogP contribution in [0.3, 0.4) is 0 Å². The van der Waals surface area contributed by atoms with Crippen LogP contribution in [0, 0.1) is 18.3 Å². The summed E-state index contributed by atoms with van der Waals surface area (Å²) in [4.78, 5) is 20.9. The van der Waals surface area contributed by atoms with Crippen molar-refractivity contribution in [3.63, 3.8) is 0 Å². The first-order valence-corrected chi connectivity index (χ1v) is 5.12. The van der Waals surface area contributed by atoms with Crippen molar-refractivity contribution in [3.8, 4) is 6.07 Å². The molecule has 1 aliphatic heterocycles. The molecular weight excluding hydrogens is 222 g/mol. The predicted molar refractivity (Wildman–Crippen MR) is 56.7 cm³/mol. The van der Waals surface area contributed by atoms with E-state index in [-0.39, 0.29) is 18.8 Å². The first-order chi connectivity index (χ1) is 8.11. The van der Waals surface area contributed by atoms with Gasteiger partial charge in [0.05, 0.1) is 17.8 Å². The van der Waals surface area contributed by atoms with E-state index in [1.54, 1.807) is 13.0 Å². The Labute approximate surface area is 98.0 Å². The Bertz CT molecular complexity index is 495. The van der Waals surface area contributed by atoms with Crippen LogP contribution in [-0.2, 0) is 4.84 Å². The van der Waals surface area contributed by atoms with E-state index in [4.69, 9.17) is 10.1 Å². The van der Waals surface area contributed by atoms with Crippen molar-refractivity contribution in [3.05, 3.63) is 29.1 Å². The quantitative estimate of drug-likeness (QED) is 0.738. The van der Waals surface area contributed by atoms with E-state index in [0.717, 1.165) is 5.06 Å². The van der Waals surface area contributed by atoms with Gasteiger partial charge in [0.15, 0.2) is 0 Å². The van der Waals surface area contributed by atoms with E-state index < -0.39 is 12.0 Å². The lowest BCUT2D eigenvalue weighted by Gasteiger charge is -2.13. The maximum Gasteiger partial charge on any atom is 0.296 e. The molecule has 1 amide bonds. The minimum Gasteiger partial charge on any atom is -0.389 e. The van der Waals surface area contributed by atoms with Crippen molar-refractivity contribution in [1.29, 1.82) is 5.26 Å². The molecule has 0 unspecified atom stereocenters. The van der Waals surface area contributed by atoms with Crippen LogP contribution in [0.1, 0.15) is 21.7 Å². The Hall–Kier alpha value is -1.97. The Balaban J connectivity index is 2.20. The van der Waals surface area contributed by atoms with E-state index in [1.807, 2.05) is 6.07 Å². The Kier molecular flexibility index (Phi) is 3.04. The zero-order valence-electron chi connectivity index (χ0n) is 9.25. The molecule has 1 aliphatic rings. The number of amides is 1. The zero-order chi connectivity index (χ0) is 12.4. The number of β-amino-alcohol motifs (C(OH)–C–C–N with tert-alkyl or cyclic N) is 1. The molecule has 0 saturated carbocycles. The molecule has 0 spiro atoms. The largest absolute Gasteiger partial charge is 0.389 e. The molecule has 88 valence electrons. The number of nitrogens with zero attached hydrogens (tertiary/aromatic N) is 3. The molecule has 0 radical (unpaired) electrons. The van der Waals surface area contributed by atoms with Crippen LogP contribution < -0.4 is 0 Å². The molecule has 1 fully saturated rings. The molecule has 0 bridgehead atoms. The monoisotopic (exact) mass is 233 g/mol. The number of hydroxylamine groups is 2. The highest BCUT2D eigenvalue weighted by Crippen LogP contribution is 2.12. The number of hydrogen-bond acceptors (Lipinski definition) is 5. The smallest absolute Gasteiger partial charge is 0.296 e. The molecule has 0 aromatic carbocycles. The Morgan fingerprint density at radius 3 is 3.00 bits per heavy atom. The molecule has 1 N–H and O–H groups in total. The van der Waals surface area contributed by atoms with Crippen LogP contribution in [0.25, 0.3) is 0 Å².